The molecule has 0 amide bonds. The second kappa shape index (κ2) is 9.48. The van der Waals surface area contributed by atoms with Gasteiger partial charge in [0.2, 0.25) is 5.43 Å². The fourth-order valence-electron chi connectivity index (χ4n) is 4.21. The van der Waals surface area contributed by atoms with Crippen LogP contribution in [0.2, 0.25) is 0 Å². The lowest BCUT2D eigenvalue weighted by molar-refractivity contribution is 0.171. The van der Waals surface area contributed by atoms with Crippen LogP contribution in [-0.4, -0.2) is 19.8 Å². The molecule has 5 nitrogen and oxygen atoms in total. The Kier molecular flexibility index (Phi) is 6.09. The van der Waals surface area contributed by atoms with Gasteiger partial charge in [-0.15, -0.1) is 0 Å². The number of hydrogen-bond donors (Lipinski definition) is 0. The summed E-state index contributed by atoms with van der Waals surface area (Å²) in [5.41, 5.74) is 3.81. The molecule has 0 aliphatic carbocycles. The third kappa shape index (κ3) is 4.29. The second-order valence-electron chi connectivity index (χ2n) is 8.15. The van der Waals surface area contributed by atoms with E-state index < -0.39 is 0 Å². The van der Waals surface area contributed by atoms with Gasteiger partial charge in [-0.2, -0.15) is 0 Å². The van der Waals surface area contributed by atoms with Gasteiger partial charge >= 0.3 is 0 Å². The van der Waals surface area contributed by atoms with Gasteiger partial charge in [0.15, 0.2) is 11.5 Å². The maximum Gasteiger partial charge on any atom is 0.200 e. The van der Waals surface area contributed by atoms with Crippen LogP contribution in [0.4, 0.5) is 0 Å². The number of hydrogen-bond acceptors (Lipinski definition) is 5. The van der Waals surface area contributed by atoms with Crippen molar-refractivity contribution >= 4 is 17.0 Å². The van der Waals surface area contributed by atoms with Crippen LogP contribution in [-0.2, 0) is 6.42 Å². The van der Waals surface area contributed by atoms with Crippen LogP contribution in [0.3, 0.4) is 0 Å². The summed E-state index contributed by atoms with van der Waals surface area (Å²) in [4.78, 5) is 13.5. The van der Waals surface area contributed by atoms with Gasteiger partial charge in [0.1, 0.15) is 36.9 Å². The first-order valence-corrected chi connectivity index (χ1v) is 11.5. The van der Waals surface area contributed by atoms with Crippen molar-refractivity contribution in [1.29, 1.82) is 0 Å². The van der Waals surface area contributed by atoms with E-state index in [2.05, 4.69) is 0 Å². The summed E-state index contributed by atoms with van der Waals surface area (Å²) in [6.07, 6.45) is 4.74. The normalized spacial score (nSPS) is 12.9. The number of ether oxygens (including phenoxy) is 3. The van der Waals surface area contributed by atoms with E-state index in [-0.39, 0.29) is 5.43 Å². The molecule has 0 bridgehead atoms. The Morgan fingerprint density at radius 1 is 0.971 bits per heavy atom. The molecule has 172 valence electrons. The van der Waals surface area contributed by atoms with Crippen molar-refractivity contribution in [2.45, 2.75) is 20.3 Å². The zero-order valence-electron chi connectivity index (χ0n) is 19.3. The molecule has 0 unspecified atom stereocenters. The lowest BCUT2D eigenvalue weighted by atomic mass is 10.00. The van der Waals surface area contributed by atoms with E-state index in [4.69, 9.17) is 18.6 Å². The fourth-order valence-corrected chi connectivity index (χ4v) is 4.21. The summed E-state index contributed by atoms with van der Waals surface area (Å²) in [5, 5.41) is 0.541. The molecule has 0 saturated heterocycles. The molecule has 5 heteroatoms. The molecule has 1 aliphatic heterocycles. The first-order chi connectivity index (χ1) is 16.6. The van der Waals surface area contributed by atoms with Crippen molar-refractivity contribution < 1.29 is 18.6 Å². The van der Waals surface area contributed by atoms with Crippen molar-refractivity contribution in [2.75, 3.05) is 19.8 Å². The SMILES string of the molecule is CCc1cc2c(=O)c(-c3ccc4c(c3)OCCO4)c(C)oc2cc1OCC=Cc1ccccc1. The summed E-state index contributed by atoms with van der Waals surface area (Å²) in [6.45, 7) is 5.29. The van der Waals surface area contributed by atoms with Crippen LogP contribution in [0, 0.1) is 6.92 Å². The molecule has 34 heavy (non-hydrogen) atoms. The number of aryl methyl sites for hydroxylation is 2. The molecule has 1 aromatic heterocycles. The molecule has 2 heterocycles. The van der Waals surface area contributed by atoms with Gasteiger partial charge in [-0.25, -0.2) is 0 Å². The monoisotopic (exact) mass is 454 g/mol. The fraction of sp³-hybridized carbons (Fsp3) is 0.207. The average Bonchev–Trinajstić information content (AvgIpc) is 2.87. The van der Waals surface area contributed by atoms with Gasteiger partial charge in [0.25, 0.3) is 0 Å². The lowest BCUT2D eigenvalue weighted by Crippen LogP contribution is -2.15. The van der Waals surface area contributed by atoms with E-state index in [0.29, 0.717) is 53.6 Å². The maximum absolute atomic E-state index is 13.5. The van der Waals surface area contributed by atoms with E-state index in [0.717, 1.165) is 28.9 Å². The van der Waals surface area contributed by atoms with Crippen LogP contribution >= 0.6 is 0 Å². The summed E-state index contributed by atoms with van der Waals surface area (Å²) >= 11 is 0. The van der Waals surface area contributed by atoms with Crippen LogP contribution in [0.5, 0.6) is 17.2 Å². The summed E-state index contributed by atoms with van der Waals surface area (Å²) in [5.74, 6) is 2.61. The first-order valence-electron chi connectivity index (χ1n) is 11.5. The predicted molar refractivity (Wildman–Crippen MR) is 134 cm³/mol. The van der Waals surface area contributed by atoms with Gasteiger partial charge in [-0.1, -0.05) is 49.4 Å². The van der Waals surface area contributed by atoms with Crippen molar-refractivity contribution in [2.24, 2.45) is 0 Å². The second-order valence-corrected chi connectivity index (χ2v) is 8.15. The third-order valence-corrected chi connectivity index (χ3v) is 5.91. The van der Waals surface area contributed by atoms with Crippen LogP contribution in [0.25, 0.3) is 28.2 Å². The highest BCUT2D eigenvalue weighted by molar-refractivity contribution is 5.85. The Balaban J connectivity index is 1.48. The molecule has 1 aliphatic rings. The minimum Gasteiger partial charge on any atom is -0.489 e. The standard InChI is InChI=1S/C29H26O5/c1-3-21-16-23-26(18-25(21)31-13-7-10-20-8-5-4-6-9-20)34-19(2)28(29(23)30)22-11-12-24-27(17-22)33-15-14-32-24/h4-12,16-18H,3,13-15H2,1-2H3. The van der Waals surface area contributed by atoms with Gasteiger partial charge in [-0.3, -0.25) is 4.79 Å². The van der Waals surface area contributed by atoms with Gasteiger partial charge < -0.3 is 18.6 Å². The molecular weight excluding hydrogens is 428 g/mol. The average molecular weight is 455 g/mol. The molecule has 3 aromatic carbocycles. The van der Waals surface area contributed by atoms with E-state index >= 15 is 0 Å². The molecule has 0 spiro atoms. The molecule has 0 saturated carbocycles. The maximum atomic E-state index is 13.5. The van der Waals surface area contributed by atoms with Crippen molar-refractivity contribution in [3.63, 3.8) is 0 Å². The Bertz CT molecular complexity index is 1420. The first kappa shape index (κ1) is 21.8. The Morgan fingerprint density at radius 2 is 1.76 bits per heavy atom. The molecule has 5 rings (SSSR count). The predicted octanol–water partition coefficient (Wildman–Crippen LogP) is 6.19. The molecular formula is C29H26O5. The topological polar surface area (TPSA) is 57.9 Å². The number of benzene rings is 3. The molecule has 0 N–H and O–H groups in total. The van der Waals surface area contributed by atoms with Gasteiger partial charge in [0.05, 0.1) is 10.9 Å². The molecule has 0 atom stereocenters. The van der Waals surface area contributed by atoms with Crippen molar-refractivity contribution in [3.05, 3.63) is 93.9 Å². The van der Waals surface area contributed by atoms with E-state index in [9.17, 15) is 4.79 Å². The summed E-state index contributed by atoms with van der Waals surface area (Å²) in [7, 11) is 0. The highest BCUT2D eigenvalue weighted by atomic mass is 16.6. The van der Waals surface area contributed by atoms with Gasteiger partial charge in [0, 0.05) is 6.07 Å². The smallest absolute Gasteiger partial charge is 0.200 e. The van der Waals surface area contributed by atoms with Crippen LogP contribution < -0.4 is 19.6 Å². The quantitative estimate of drug-likeness (QED) is 0.347. The van der Waals surface area contributed by atoms with E-state index in [1.807, 2.05) is 86.7 Å². The Labute approximate surface area is 198 Å². The number of rotatable bonds is 6. The largest absolute Gasteiger partial charge is 0.489 e. The Morgan fingerprint density at radius 3 is 2.56 bits per heavy atom. The minimum absolute atomic E-state index is 0.0688. The zero-order valence-corrected chi connectivity index (χ0v) is 19.3. The van der Waals surface area contributed by atoms with Crippen LogP contribution in [0.1, 0.15) is 23.8 Å². The summed E-state index contributed by atoms with van der Waals surface area (Å²) < 4.78 is 23.5. The minimum atomic E-state index is -0.0688. The zero-order chi connectivity index (χ0) is 23.5. The van der Waals surface area contributed by atoms with E-state index in [1.165, 1.54) is 0 Å². The van der Waals surface area contributed by atoms with Gasteiger partial charge in [-0.05, 0) is 54.3 Å². The summed E-state index contributed by atoms with van der Waals surface area (Å²) in [6, 6.07) is 19.3. The molecule has 0 fully saturated rings. The Hall–Kier alpha value is -3.99. The highest BCUT2D eigenvalue weighted by Crippen LogP contribution is 2.36. The lowest BCUT2D eigenvalue weighted by Gasteiger charge is -2.19. The van der Waals surface area contributed by atoms with Crippen molar-refractivity contribution in [1.82, 2.24) is 0 Å². The van der Waals surface area contributed by atoms with Crippen molar-refractivity contribution in [3.8, 4) is 28.4 Å². The number of fused-ring (bicyclic) bond motifs is 2. The van der Waals surface area contributed by atoms with E-state index in [1.54, 1.807) is 0 Å². The third-order valence-electron chi connectivity index (χ3n) is 5.91. The molecule has 4 aromatic rings. The van der Waals surface area contributed by atoms with Crippen LogP contribution in [0.15, 0.2) is 76.0 Å². The highest BCUT2D eigenvalue weighted by Gasteiger charge is 2.19. The molecule has 0 radical (unpaired) electrons.